The third-order valence-electron chi connectivity index (χ3n) is 3.43. The zero-order chi connectivity index (χ0) is 16.3. The number of amides is 1. The van der Waals surface area contributed by atoms with Crippen LogP contribution in [0.5, 0.6) is 0 Å². The molecule has 1 aliphatic rings. The molecule has 3 atom stereocenters. The highest BCUT2D eigenvalue weighted by molar-refractivity contribution is 5.87. The molecule has 1 aliphatic heterocycles. The molecule has 0 radical (unpaired) electrons. The first kappa shape index (κ1) is 16.9. The number of hydrogen-bond donors (Lipinski definition) is 0. The van der Waals surface area contributed by atoms with Crippen LogP contribution < -0.4 is 0 Å². The average Bonchev–Trinajstić information content (AvgIpc) is 2.48. The van der Waals surface area contributed by atoms with Crippen molar-refractivity contribution >= 4 is 5.91 Å². The SMILES string of the molecule is COC(C)COC1C(=O)N(OC(C)(C)C)C1c1ccccc1. The van der Waals surface area contributed by atoms with Gasteiger partial charge < -0.3 is 9.47 Å². The van der Waals surface area contributed by atoms with E-state index in [4.69, 9.17) is 14.3 Å². The van der Waals surface area contributed by atoms with E-state index in [2.05, 4.69) is 0 Å². The highest BCUT2D eigenvalue weighted by atomic mass is 16.7. The molecule has 0 N–H and O–H groups in total. The van der Waals surface area contributed by atoms with Crippen LogP contribution in [0.2, 0.25) is 0 Å². The van der Waals surface area contributed by atoms with Crippen molar-refractivity contribution in [3.63, 3.8) is 0 Å². The van der Waals surface area contributed by atoms with E-state index in [-0.39, 0.29) is 18.1 Å². The molecular weight excluding hydrogens is 282 g/mol. The fourth-order valence-corrected chi connectivity index (χ4v) is 2.27. The number of nitrogens with zero attached hydrogens (tertiary/aromatic N) is 1. The largest absolute Gasteiger partial charge is 0.379 e. The number of hydroxylamine groups is 2. The predicted molar refractivity (Wildman–Crippen MR) is 83.1 cm³/mol. The lowest BCUT2D eigenvalue weighted by molar-refractivity contribution is -0.297. The predicted octanol–water partition coefficient (Wildman–Crippen LogP) is 2.72. The van der Waals surface area contributed by atoms with Gasteiger partial charge in [0.25, 0.3) is 5.91 Å². The fraction of sp³-hybridized carbons (Fsp3) is 0.588. The third kappa shape index (κ3) is 3.85. The van der Waals surface area contributed by atoms with Crippen LogP contribution in [0, 0.1) is 0 Å². The second-order valence-corrected chi connectivity index (χ2v) is 6.52. The van der Waals surface area contributed by atoms with E-state index in [0.717, 1.165) is 5.56 Å². The second-order valence-electron chi connectivity index (χ2n) is 6.52. The first-order valence-corrected chi connectivity index (χ1v) is 7.55. The van der Waals surface area contributed by atoms with Crippen LogP contribution in [-0.2, 0) is 19.1 Å². The molecule has 3 unspecified atom stereocenters. The third-order valence-corrected chi connectivity index (χ3v) is 3.43. The van der Waals surface area contributed by atoms with Gasteiger partial charge in [0.15, 0.2) is 6.10 Å². The maximum absolute atomic E-state index is 12.4. The van der Waals surface area contributed by atoms with Crippen molar-refractivity contribution in [1.82, 2.24) is 5.06 Å². The minimum Gasteiger partial charge on any atom is -0.379 e. The molecule has 0 aliphatic carbocycles. The molecule has 2 rings (SSSR count). The lowest BCUT2D eigenvalue weighted by atomic mass is 9.93. The summed E-state index contributed by atoms with van der Waals surface area (Å²) < 4.78 is 10.9. The summed E-state index contributed by atoms with van der Waals surface area (Å²) in [5.74, 6) is -0.146. The Labute approximate surface area is 132 Å². The Bertz CT molecular complexity index is 497. The van der Waals surface area contributed by atoms with Gasteiger partial charge in [0, 0.05) is 7.11 Å². The zero-order valence-corrected chi connectivity index (χ0v) is 13.9. The molecular formula is C17H25NO4. The number of hydrogen-bond acceptors (Lipinski definition) is 4. The van der Waals surface area contributed by atoms with Crippen molar-refractivity contribution in [2.45, 2.75) is 51.5 Å². The molecule has 122 valence electrons. The highest BCUT2D eigenvalue weighted by Crippen LogP contribution is 2.39. The van der Waals surface area contributed by atoms with Crippen molar-refractivity contribution in [2.75, 3.05) is 13.7 Å². The molecule has 5 heteroatoms. The second kappa shape index (κ2) is 6.77. The summed E-state index contributed by atoms with van der Waals surface area (Å²) in [5.41, 5.74) is 0.564. The minimum absolute atomic E-state index is 0.0539. The van der Waals surface area contributed by atoms with Gasteiger partial charge in [-0.05, 0) is 33.3 Å². The van der Waals surface area contributed by atoms with Crippen molar-refractivity contribution < 1.29 is 19.1 Å². The van der Waals surface area contributed by atoms with E-state index in [1.165, 1.54) is 5.06 Å². The molecule has 5 nitrogen and oxygen atoms in total. The van der Waals surface area contributed by atoms with Crippen molar-refractivity contribution in [3.05, 3.63) is 35.9 Å². The maximum Gasteiger partial charge on any atom is 0.278 e. The Morgan fingerprint density at radius 3 is 2.41 bits per heavy atom. The van der Waals surface area contributed by atoms with Gasteiger partial charge >= 0.3 is 0 Å². The summed E-state index contributed by atoms with van der Waals surface area (Å²) in [7, 11) is 1.63. The van der Waals surface area contributed by atoms with Crippen LogP contribution >= 0.6 is 0 Å². The van der Waals surface area contributed by atoms with Gasteiger partial charge in [-0.25, -0.2) is 5.06 Å². The highest BCUT2D eigenvalue weighted by Gasteiger charge is 2.51. The Morgan fingerprint density at radius 2 is 1.86 bits per heavy atom. The van der Waals surface area contributed by atoms with Gasteiger partial charge in [-0.1, -0.05) is 30.3 Å². The Hall–Kier alpha value is -1.43. The van der Waals surface area contributed by atoms with Crippen LogP contribution in [0.4, 0.5) is 0 Å². The van der Waals surface area contributed by atoms with E-state index in [9.17, 15) is 4.79 Å². The van der Waals surface area contributed by atoms with Crippen LogP contribution in [-0.4, -0.2) is 42.5 Å². The van der Waals surface area contributed by atoms with Gasteiger partial charge in [0.1, 0.15) is 6.04 Å². The number of benzene rings is 1. The summed E-state index contributed by atoms with van der Waals surface area (Å²) in [4.78, 5) is 18.1. The van der Waals surface area contributed by atoms with Crippen LogP contribution in [0.3, 0.4) is 0 Å². The standard InChI is InChI=1S/C17H25NO4/c1-12(20-5)11-21-15-14(13-9-7-6-8-10-13)18(16(15)19)22-17(2,3)4/h6-10,12,14-15H,11H2,1-5H3. The molecule has 0 saturated carbocycles. The summed E-state index contributed by atoms with van der Waals surface area (Å²) in [6.45, 7) is 8.04. The van der Waals surface area contributed by atoms with E-state index in [1.807, 2.05) is 58.0 Å². The summed E-state index contributed by atoms with van der Waals surface area (Å²) in [5, 5.41) is 1.43. The van der Waals surface area contributed by atoms with Gasteiger partial charge in [-0.3, -0.25) is 9.63 Å². The Balaban J connectivity index is 2.14. The molecule has 1 heterocycles. The molecule has 1 aromatic rings. The topological polar surface area (TPSA) is 48.0 Å². The van der Waals surface area contributed by atoms with Crippen LogP contribution in [0.1, 0.15) is 39.3 Å². The summed E-state index contributed by atoms with van der Waals surface area (Å²) in [6, 6.07) is 9.57. The van der Waals surface area contributed by atoms with Gasteiger partial charge in [-0.2, -0.15) is 0 Å². The minimum atomic E-state index is -0.526. The zero-order valence-electron chi connectivity index (χ0n) is 13.9. The van der Waals surface area contributed by atoms with E-state index >= 15 is 0 Å². The van der Waals surface area contributed by atoms with E-state index in [1.54, 1.807) is 7.11 Å². The Kier molecular flexibility index (Phi) is 5.21. The van der Waals surface area contributed by atoms with Crippen molar-refractivity contribution in [3.8, 4) is 0 Å². The lowest BCUT2D eigenvalue weighted by Crippen LogP contribution is -2.61. The van der Waals surface area contributed by atoms with E-state index in [0.29, 0.717) is 6.61 Å². The van der Waals surface area contributed by atoms with Crippen LogP contribution in [0.25, 0.3) is 0 Å². The molecule has 0 spiro atoms. The van der Waals surface area contributed by atoms with Crippen LogP contribution in [0.15, 0.2) is 30.3 Å². The molecule has 22 heavy (non-hydrogen) atoms. The molecule has 1 aromatic carbocycles. The number of carbonyl (C=O) groups excluding carboxylic acids is 1. The maximum atomic E-state index is 12.4. The number of ether oxygens (including phenoxy) is 2. The lowest BCUT2D eigenvalue weighted by Gasteiger charge is -2.47. The van der Waals surface area contributed by atoms with Gasteiger partial charge in [-0.15, -0.1) is 0 Å². The van der Waals surface area contributed by atoms with Gasteiger partial charge in [0.2, 0.25) is 0 Å². The van der Waals surface area contributed by atoms with Crippen molar-refractivity contribution in [1.29, 1.82) is 0 Å². The molecule has 1 amide bonds. The first-order chi connectivity index (χ1) is 10.3. The normalized spacial score (nSPS) is 23.3. The smallest absolute Gasteiger partial charge is 0.278 e. The van der Waals surface area contributed by atoms with Gasteiger partial charge in [0.05, 0.1) is 18.3 Å². The van der Waals surface area contributed by atoms with E-state index < -0.39 is 11.7 Å². The molecule has 1 saturated heterocycles. The van der Waals surface area contributed by atoms with Crippen molar-refractivity contribution in [2.24, 2.45) is 0 Å². The number of carbonyl (C=O) groups is 1. The summed E-state index contributed by atoms with van der Waals surface area (Å²) >= 11 is 0. The first-order valence-electron chi connectivity index (χ1n) is 7.55. The number of rotatable bonds is 6. The molecule has 0 bridgehead atoms. The average molecular weight is 307 g/mol. The molecule has 1 fully saturated rings. The fourth-order valence-electron chi connectivity index (χ4n) is 2.27. The molecule has 0 aromatic heterocycles. The Morgan fingerprint density at radius 1 is 1.23 bits per heavy atom. The summed E-state index contributed by atoms with van der Waals surface area (Å²) in [6.07, 6.45) is -0.579. The quantitative estimate of drug-likeness (QED) is 0.758. The number of β-lactam (4-membered cyclic amide) rings is 1. The monoisotopic (exact) mass is 307 g/mol. The number of methoxy groups -OCH3 is 1.